The van der Waals surface area contributed by atoms with Crippen LogP contribution < -0.4 is 0 Å². The van der Waals surface area contributed by atoms with Gasteiger partial charge in [-0.2, -0.15) is 0 Å². The van der Waals surface area contributed by atoms with Crippen LogP contribution in [0.5, 0.6) is 0 Å². The third kappa shape index (κ3) is 3.70. The van der Waals surface area contributed by atoms with Crippen molar-refractivity contribution in [3.05, 3.63) is 58.8 Å². The number of para-hydroxylation sites is 1. The molecule has 1 aromatic heterocycles. The first-order valence-corrected chi connectivity index (χ1v) is 8.91. The predicted octanol–water partition coefficient (Wildman–Crippen LogP) is 3.86. The van der Waals surface area contributed by atoms with Gasteiger partial charge in [-0.05, 0) is 54.9 Å². The van der Waals surface area contributed by atoms with Crippen LogP contribution in [-0.2, 0) is 9.53 Å². The van der Waals surface area contributed by atoms with Gasteiger partial charge >= 0.3 is 0 Å². The molecule has 0 bridgehead atoms. The number of aromatic nitrogens is 1. The maximum Gasteiger partial charge on any atom is 0.293 e. The lowest BCUT2D eigenvalue weighted by Gasteiger charge is -2.12. The van der Waals surface area contributed by atoms with Crippen LogP contribution in [0, 0.1) is 6.92 Å². The second-order valence-corrected chi connectivity index (χ2v) is 6.76. The van der Waals surface area contributed by atoms with E-state index in [1.807, 2.05) is 54.1 Å². The van der Waals surface area contributed by atoms with E-state index in [1.54, 1.807) is 13.2 Å². The Balaban J connectivity index is 1.85. The lowest BCUT2D eigenvalue weighted by Crippen LogP contribution is -2.29. The number of thioether (sulfide) groups is 1. The molecule has 3 rings (SSSR count). The molecule has 0 N–H and O–H groups in total. The highest BCUT2D eigenvalue weighted by Crippen LogP contribution is 2.32. The Hall–Kier alpha value is -2.31. The molecule has 1 aliphatic rings. The minimum atomic E-state index is -0.233. The first kappa shape index (κ1) is 17.5. The van der Waals surface area contributed by atoms with Crippen molar-refractivity contribution >= 4 is 29.0 Å². The molecule has 2 amide bonds. The number of amides is 2. The van der Waals surface area contributed by atoms with Crippen LogP contribution in [0.2, 0.25) is 0 Å². The van der Waals surface area contributed by atoms with Crippen molar-refractivity contribution in [3.8, 4) is 5.69 Å². The van der Waals surface area contributed by atoms with Gasteiger partial charge in [0.05, 0.1) is 4.91 Å². The normalized spacial score (nSPS) is 16.2. The predicted molar refractivity (Wildman–Crippen MR) is 99.7 cm³/mol. The number of aryl methyl sites for hydroxylation is 1. The maximum atomic E-state index is 12.5. The Morgan fingerprint density at radius 1 is 1.16 bits per heavy atom. The number of imide groups is 1. The number of rotatable bonds is 6. The molecule has 0 spiro atoms. The fraction of sp³-hybridized carbons (Fsp3) is 0.263. The standard InChI is InChI=1S/C19H20N2O3S/c1-14-7-3-4-9-16(14)20-10-5-8-15(20)13-17-18(22)21(19(23)25-17)11-6-12-24-2/h3-5,7-10,13H,6,11-12H2,1-2H3/b17-13+. The Morgan fingerprint density at radius 2 is 1.96 bits per heavy atom. The SMILES string of the molecule is COCCCN1C(=O)S/C(=C/c2cccn2-c2ccccc2C)C1=O. The van der Waals surface area contributed by atoms with Crippen LogP contribution >= 0.6 is 11.8 Å². The van der Waals surface area contributed by atoms with Gasteiger partial charge < -0.3 is 9.30 Å². The Morgan fingerprint density at radius 3 is 2.72 bits per heavy atom. The molecule has 2 aromatic rings. The van der Waals surface area contributed by atoms with E-state index >= 15 is 0 Å². The van der Waals surface area contributed by atoms with Gasteiger partial charge in [-0.1, -0.05) is 18.2 Å². The summed E-state index contributed by atoms with van der Waals surface area (Å²) in [5.74, 6) is -0.233. The third-order valence-corrected chi connectivity index (χ3v) is 4.95. The molecule has 0 saturated carbocycles. The van der Waals surface area contributed by atoms with E-state index in [2.05, 4.69) is 0 Å². The molecule has 1 aromatic carbocycles. The molecule has 130 valence electrons. The van der Waals surface area contributed by atoms with Crippen molar-refractivity contribution in [3.63, 3.8) is 0 Å². The fourth-order valence-corrected chi connectivity index (χ4v) is 3.61. The van der Waals surface area contributed by atoms with Crippen LogP contribution in [0.4, 0.5) is 4.79 Å². The number of nitrogens with zero attached hydrogens (tertiary/aromatic N) is 2. The number of benzene rings is 1. The molecule has 0 atom stereocenters. The Labute approximate surface area is 151 Å². The summed E-state index contributed by atoms with van der Waals surface area (Å²) < 4.78 is 7.01. The molecule has 5 nitrogen and oxygen atoms in total. The molecule has 1 fully saturated rings. The van der Waals surface area contributed by atoms with Gasteiger partial charge in [-0.3, -0.25) is 14.5 Å². The second-order valence-electron chi connectivity index (χ2n) is 5.77. The summed E-state index contributed by atoms with van der Waals surface area (Å²) in [5, 5.41) is -0.221. The summed E-state index contributed by atoms with van der Waals surface area (Å²) in [5.41, 5.74) is 3.07. The second kappa shape index (κ2) is 7.72. The highest BCUT2D eigenvalue weighted by atomic mass is 32.2. The van der Waals surface area contributed by atoms with Crippen LogP contribution in [-0.4, -0.2) is 40.9 Å². The lowest BCUT2D eigenvalue weighted by molar-refractivity contribution is -0.122. The van der Waals surface area contributed by atoms with E-state index < -0.39 is 0 Å². The van der Waals surface area contributed by atoms with Gasteiger partial charge in [0.2, 0.25) is 0 Å². The minimum Gasteiger partial charge on any atom is -0.385 e. The quantitative estimate of drug-likeness (QED) is 0.583. The zero-order valence-electron chi connectivity index (χ0n) is 14.3. The number of hydrogen-bond donors (Lipinski definition) is 0. The van der Waals surface area contributed by atoms with Crippen LogP contribution in [0.25, 0.3) is 11.8 Å². The number of methoxy groups -OCH3 is 1. The van der Waals surface area contributed by atoms with Crippen molar-refractivity contribution in [2.24, 2.45) is 0 Å². The number of carbonyl (C=O) groups is 2. The summed E-state index contributed by atoms with van der Waals surface area (Å²) in [4.78, 5) is 26.4. The molecule has 0 aliphatic carbocycles. The summed E-state index contributed by atoms with van der Waals surface area (Å²) in [6, 6.07) is 11.9. The average molecular weight is 356 g/mol. The monoisotopic (exact) mass is 356 g/mol. The van der Waals surface area contributed by atoms with E-state index in [4.69, 9.17) is 4.74 Å². The Kier molecular flexibility index (Phi) is 5.40. The van der Waals surface area contributed by atoms with Crippen molar-refractivity contribution in [1.82, 2.24) is 9.47 Å². The van der Waals surface area contributed by atoms with Crippen LogP contribution in [0.1, 0.15) is 17.7 Å². The molecule has 1 aliphatic heterocycles. The van der Waals surface area contributed by atoms with Crippen molar-refractivity contribution in [1.29, 1.82) is 0 Å². The van der Waals surface area contributed by atoms with Crippen LogP contribution in [0.3, 0.4) is 0 Å². The average Bonchev–Trinajstić information content (AvgIpc) is 3.15. The Bertz CT molecular complexity index is 826. The van der Waals surface area contributed by atoms with Gasteiger partial charge in [0, 0.05) is 37.8 Å². The van der Waals surface area contributed by atoms with E-state index in [0.29, 0.717) is 24.5 Å². The summed E-state index contributed by atoms with van der Waals surface area (Å²) in [7, 11) is 1.60. The lowest BCUT2D eigenvalue weighted by atomic mass is 10.2. The van der Waals surface area contributed by atoms with E-state index in [9.17, 15) is 9.59 Å². The molecular weight excluding hydrogens is 336 g/mol. The van der Waals surface area contributed by atoms with Crippen molar-refractivity contribution in [2.45, 2.75) is 13.3 Å². The topological polar surface area (TPSA) is 51.5 Å². The molecule has 0 radical (unpaired) electrons. The zero-order valence-corrected chi connectivity index (χ0v) is 15.1. The molecule has 2 heterocycles. The molecule has 6 heteroatoms. The van der Waals surface area contributed by atoms with E-state index in [0.717, 1.165) is 28.7 Å². The number of ether oxygens (including phenoxy) is 1. The van der Waals surface area contributed by atoms with Gasteiger partial charge in [-0.25, -0.2) is 0 Å². The minimum absolute atomic E-state index is 0.221. The van der Waals surface area contributed by atoms with Gasteiger partial charge in [-0.15, -0.1) is 0 Å². The van der Waals surface area contributed by atoms with E-state index in [-0.39, 0.29) is 11.1 Å². The third-order valence-electron chi connectivity index (χ3n) is 4.04. The first-order chi connectivity index (χ1) is 12.1. The van der Waals surface area contributed by atoms with Gasteiger partial charge in [0.1, 0.15) is 0 Å². The summed E-state index contributed by atoms with van der Waals surface area (Å²) >= 11 is 0.991. The smallest absolute Gasteiger partial charge is 0.293 e. The molecule has 25 heavy (non-hydrogen) atoms. The maximum absolute atomic E-state index is 12.5. The molecule has 1 saturated heterocycles. The van der Waals surface area contributed by atoms with Crippen molar-refractivity contribution < 1.29 is 14.3 Å². The van der Waals surface area contributed by atoms with Gasteiger partial charge in [0.15, 0.2) is 0 Å². The van der Waals surface area contributed by atoms with Crippen molar-refractivity contribution in [2.75, 3.05) is 20.3 Å². The first-order valence-electron chi connectivity index (χ1n) is 8.09. The highest BCUT2D eigenvalue weighted by Gasteiger charge is 2.34. The fourth-order valence-electron chi connectivity index (χ4n) is 2.76. The molecular formula is C19H20N2O3S. The van der Waals surface area contributed by atoms with E-state index in [1.165, 1.54) is 4.90 Å². The number of hydrogen-bond acceptors (Lipinski definition) is 4. The van der Waals surface area contributed by atoms with Crippen LogP contribution in [0.15, 0.2) is 47.5 Å². The number of carbonyl (C=O) groups excluding carboxylic acids is 2. The summed E-state index contributed by atoms with van der Waals surface area (Å²) in [6.45, 7) is 2.95. The zero-order chi connectivity index (χ0) is 17.8. The largest absolute Gasteiger partial charge is 0.385 e. The summed E-state index contributed by atoms with van der Waals surface area (Å²) in [6.07, 6.45) is 4.38. The van der Waals surface area contributed by atoms with Gasteiger partial charge in [0.25, 0.3) is 11.1 Å². The molecule has 0 unspecified atom stereocenters. The highest BCUT2D eigenvalue weighted by molar-refractivity contribution is 8.18.